The largest absolute Gasteiger partial charge is 0.349 e. The highest BCUT2D eigenvalue weighted by Gasteiger charge is 2.30. The van der Waals surface area contributed by atoms with Gasteiger partial charge in [-0.15, -0.1) is 6.58 Å². The maximum atomic E-state index is 13.6. The lowest BCUT2D eigenvalue weighted by Crippen LogP contribution is -2.45. The summed E-state index contributed by atoms with van der Waals surface area (Å²) in [7, 11) is -3.89. The van der Waals surface area contributed by atoms with Gasteiger partial charge < -0.3 is 10.6 Å². The van der Waals surface area contributed by atoms with Crippen molar-refractivity contribution in [3.8, 4) is 0 Å². The number of halogens is 1. The molecule has 2 amide bonds. The van der Waals surface area contributed by atoms with Gasteiger partial charge in [0.1, 0.15) is 11.9 Å². The van der Waals surface area contributed by atoms with E-state index in [-0.39, 0.29) is 23.5 Å². The number of hydrogen-bond acceptors (Lipinski definition) is 4. The molecule has 2 aromatic carbocycles. The molecule has 0 aliphatic rings. The fourth-order valence-corrected chi connectivity index (χ4v) is 3.88. The molecule has 29 heavy (non-hydrogen) atoms. The van der Waals surface area contributed by atoms with Crippen molar-refractivity contribution in [3.05, 3.63) is 72.6 Å². The number of carbonyl (C=O) groups excluding carboxylic acids is 2. The molecule has 0 spiro atoms. The van der Waals surface area contributed by atoms with Crippen molar-refractivity contribution in [2.75, 3.05) is 22.4 Å². The molecule has 2 rings (SSSR count). The van der Waals surface area contributed by atoms with E-state index in [2.05, 4.69) is 17.2 Å². The molecule has 2 N–H and O–H groups in total. The quantitative estimate of drug-likeness (QED) is 0.643. The predicted octanol–water partition coefficient (Wildman–Crippen LogP) is 2.53. The first-order valence-corrected chi connectivity index (χ1v) is 10.5. The van der Waals surface area contributed by atoms with Crippen LogP contribution in [0.1, 0.15) is 17.3 Å². The Kier molecular flexibility index (Phi) is 7.11. The van der Waals surface area contributed by atoms with Crippen LogP contribution in [0.5, 0.6) is 0 Å². The molecule has 0 aliphatic carbocycles. The summed E-state index contributed by atoms with van der Waals surface area (Å²) in [6, 6.07) is 10.1. The van der Waals surface area contributed by atoms with E-state index in [0.29, 0.717) is 0 Å². The van der Waals surface area contributed by atoms with Crippen LogP contribution in [0.3, 0.4) is 0 Å². The van der Waals surface area contributed by atoms with E-state index in [9.17, 15) is 22.4 Å². The highest BCUT2D eigenvalue weighted by atomic mass is 32.2. The Morgan fingerprint density at radius 2 is 1.90 bits per heavy atom. The zero-order chi connectivity index (χ0) is 21.6. The zero-order valence-electron chi connectivity index (χ0n) is 16.1. The third-order valence-electron chi connectivity index (χ3n) is 3.99. The van der Waals surface area contributed by atoms with Crippen LogP contribution in [0, 0.1) is 5.82 Å². The number of amides is 2. The number of rotatable bonds is 8. The van der Waals surface area contributed by atoms with Crippen LogP contribution in [-0.4, -0.2) is 39.1 Å². The topological polar surface area (TPSA) is 95.6 Å². The number of nitrogens with one attached hydrogen (secondary N) is 2. The monoisotopic (exact) mass is 419 g/mol. The molecular weight excluding hydrogens is 397 g/mol. The van der Waals surface area contributed by atoms with Gasteiger partial charge in [-0.25, -0.2) is 12.8 Å². The van der Waals surface area contributed by atoms with Crippen molar-refractivity contribution in [1.82, 2.24) is 5.32 Å². The summed E-state index contributed by atoms with van der Waals surface area (Å²) in [5, 5.41) is 5.19. The van der Waals surface area contributed by atoms with E-state index in [4.69, 9.17) is 0 Å². The molecule has 7 nitrogen and oxygen atoms in total. The zero-order valence-corrected chi connectivity index (χ0v) is 16.9. The molecule has 0 fully saturated rings. The second kappa shape index (κ2) is 9.33. The highest BCUT2D eigenvalue weighted by Crippen LogP contribution is 2.23. The number of hydrogen-bond donors (Lipinski definition) is 2. The lowest BCUT2D eigenvalue weighted by atomic mass is 10.1. The smallest absolute Gasteiger partial charge is 0.253 e. The third kappa shape index (κ3) is 5.64. The summed E-state index contributed by atoms with van der Waals surface area (Å²) >= 11 is 0. The lowest BCUT2D eigenvalue weighted by Gasteiger charge is -2.28. The first-order valence-electron chi connectivity index (χ1n) is 8.69. The number of nitrogens with zero attached hydrogens (tertiary/aromatic N) is 1. The summed E-state index contributed by atoms with van der Waals surface area (Å²) in [4.78, 5) is 25.1. The lowest BCUT2D eigenvalue weighted by molar-refractivity contribution is -0.116. The van der Waals surface area contributed by atoms with Gasteiger partial charge in [0.15, 0.2) is 0 Å². The molecule has 0 bridgehead atoms. The second-order valence-corrected chi connectivity index (χ2v) is 8.11. The number of benzene rings is 2. The van der Waals surface area contributed by atoms with Gasteiger partial charge in [-0.2, -0.15) is 0 Å². The van der Waals surface area contributed by atoms with Crippen LogP contribution >= 0.6 is 0 Å². The molecule has 0 heterocycles. The van der Waals surface area contributed by atoms with E-state index in [1.165, 1.54) is 43.3 Å². The fraction of sp³-hybridized carbons (Fsp3) is 0.200. The summed E-state index contributed by atoms with van der Waals surface area (Å²) < 4.78 is 39.0. The van der Waals surface area contributed by atoms with Gasteiger partial charge in [-0.05, 0) is 37.3 Å². The minimum absolute atomic E-state index is 0.0205. The number of anilines is 2. The Hall–Kier alpha value is -3.20. The van der Waals surface area contributed by atoms with E-state index >= 15 is 0 Å². The summed E-state index contributed by atoms with van der Waals surface area (Å²) in [5.74, 6) is -1.73. The average molecular weight is 419 g/mol. The van der Waals surface area contributed by atoms with Crippen LogP contribution in [0.2, 0.25) is 0 Å². The van der Waals surface area contributed by atoms with Gasteiger partial charge in [-0.3, -0.25) is 13.9 Å². The molecule has 1 atom stereocenters. The maximum Gasteiger partial charge on any atom is 0.253 e. The van der Waals surface area contributed by atoms with Crippen LogP contribution in [0.4, 0.5) is 15.8 Å². The Labute approximate surface area is 169 Å². The van der Waals surface area contributed by atoms with E-state index in [1.54, 1.807) is 12.1 Å². The third-order valence-corrected chi connectivity index (χ3v) is 5.23. The molecule has 0 radical (unpaired) electrons. The van der Waals surface area contributed by atoms with Crippen molar-refractivity contribution in [1.29, 1.82) is 0 Å². The number of para-hydroxylation sites is 1. The minimum atomic E-state index is -3.89. The molecule has 2 aromatic rings. The molecule has 0 saturated carbocycles. The Bertz CT molecular complexity index is 1020. The molecule has 0 saturated heterocycles. The van der Waals surface area contributed by atoms with Crippen molar-refractivity contribution < 1.29 is 22.4 Å². The molecule has 0 aromatic heterocycles. The molecule has 0 unspecified atom stereocenters. The van der Waals surface area contributed by atoms with Crippen molar-refractivity contribution in [2.24, 2.45) is 0 Å². The van der Waals surface area contributed by atoms with Crippen molar-refractivity contribution in [2.45, 2.75) is 13.0 Å². The molecule has 0 aliphatic heterocycles. The van der Waals surface area contributed by atoms with Crippen molar-refractivity contribution >= 4 is 33.2 Å². The van der Waals surface area contributed by atoms with Gasteiger partial charge in [0, 0.05) is 6.54 Å². The summed E-state index contributed by atoms with van der Waals surface area (Å²) in [5.41, 5.74) is 0.456. The Balaban J connectivity index is 2.32. The van der Waals surface area contributed by atoms with Gasteiger partial charge in [0.05, 0.1) is 23.2 Å². The van der Waals surface area contributed by atoms with E-state index in [0.717, 1.165) is 16.6 Å². The SMILES string of the molecule is C=CCNC(=O)c1ccccc1NC(=O)[C@@H](C)N(c1cccc(F)c1)S(C)(=O)=O. The van der Waals surface area contributed by atoms with Crippen molar-refractivity contribution in [3.63, 3.8) is 0 Å². The maximum absolute atomic E-state index is 13.6. The first-order chi connectivity index (χ1) is 13.6. The van der Waals surface area contributed by atoms with Crippen LogP contribution < -0.4 is 14.9 Å². The summed E-state index contributed by atoms with van der Waals surface area (Å²) in [6.07, 6.45) is 2.45. The molecule has 9 heteroatoms. The molecular formula is C20H22FN3O4S. The normalized spacial score (nSPS) is 12.0. The Morgan fingerprint density at radius 1 is 1.21 bits per heavy atom. The Morgan fingerprint density at radius 3 is 2.52 bits per heavy atom. The first kappa shape index (κ1) is 22.1. The summed E-state index contributed by atoms with van der Waals surface area (Å²) in [6.45, 7) is 5.15. The number of sulfonamides is 1. The van der Waals surface area contributed by atoms with E-state index in [1.807, 2.05) is 0 Å². The predicted molar refractivity (Wildman–Crippen MR) is 111 cm³/mol. The van der Waals surface area contributed by atoms with Gasteiger partial charge in [0.2, 0.25) is 15.9 Å². The minimum Gasteiger partial charge on any atom is -0.349 e. The standard InChI is InChI=1S/C20H22FN3O4S/c1-4-12-22-20(26)17-10-5-6-11-18(17)23-19(25)14(2)24(29(3,27)28)16-9-7-8-15(21)13-16/h4-11,13-14H,1,12H2,2-3H3,(H,22,26)(H,23,25)/t14-/m1/s1. The highest BCUT2D eigenvalue weighted by molar-refractivity contribution is 7.92. The van der Waals surface area contributed by atoms with Gasteiger partial charge in [0.25, 0.3) is 5.91 Å². The van der Waals surface area contributed by atoms with Gasteiger partial charge in [-0.1, -0.05) is 24.3 Å². The molecule has 154 valence electrons. The fourth-order valence-electron chi connectivity index (χ4n) is 2.71. The van der Waals surface area contributed by atoms with E-state index < -0.39 is 33.7 Å². The van der Waals surface area contributed by atoms with Crippen LogP contribution in [-0.2, 0) is 14.8 Å². The number of carbonyl (C=O) groups is 2. The van der Waals surface area contributed by atoms with Crippen LogP contribution in [0.15, 0.2) is 61.2 Å². The second-order valence-electron chi connectivity index (χ2n) is 6.25. The average Bonchev–Trinajstić information content (AvgIpc) is 2.65. The van der Waals surface area contributed by atoms with Crippen LogP contribution in [0.25, 0.3) is 0 Å². The van der Waals surface area contributed by atoms with Gasteiger partial charge >= 0.3 is 0 Å².